The topological polar surface area (TPSA) is 40.9 Å². The van der Waals surface area contributed by atoms with Crippen molar-refractivity contribution >= 4 is 5.78 Å². The standard InChI is InChI=1S/C22H27NO/c1-12-8-19-20-15(6-7-21(19,2)22(12,3)11-23)14-5-4-13(24)9-16(14)17-10-18(17)20/h9,14-15,17-20H,1,4-8,10H2,2-3H3/t14-,15-,17?,18?,19+,20+,21+,22+/m1/s1. The number of rotatable bonds is 0. The fraction of sp³-hybridized carbons (Fsp3) is 0.727. The molecular weight excluding hydrogens is 294 g/mol. The van der Waals surface area contributed by atoms with Gasteiger partial charge in [0.25, 0.3) is 0 Å². The molecule has 0 heterocycles. The Labute approximate surface area is 145 Å². The Morgan fingerprint density at radius 3 is 2.79 bits per heavy atom. The van der Waals surface area contributed by atoms with Crippen LogP contribution < -0.4 is 0 Å². The van der Waals surface area contributed by atoms with Gasteiger partial charge in [-0.05, 0) is 86.0 Å². The van der Waals surface area contributed by atoms with Crippen molar-refractivity contribution in [3.63, 3.8) is 0 Å². The van der Waals surface area contributed by atoms with E-state index in [4.69, 9.17) is 0 Å². The van der Waals surface area contributed by atoms with Gasteiger partial charge in [-0.3, -0.25) is 4.79 Å². The van der Waals surface area contributed by atoms with Crippen molar-refractivity contribution in [1.29, 1.82) is 5.26 Å². The van der Waals surface area contributed by atoms with Crippen molar-refractivity contribution in [2.45, 2.75) is 52.4 Å². The van der Waals surface area contributed by atoms with E-state index in [9.17, 15) is 10.1 Å². The molecule has 5 aliphatic carbocycles. The Morgan fingerprint density at radius 1 is 1.25 bits per heavy atom. The van der Waals surface area contributed by atoms with E-state index in [0.29, 0.717) is 23.5 Å². The van der Waals surface area contributed by atoms with Gasteiger partial charge < -0.3 is 0 Å². The largest absolute Gasteiger partial charge is 0.295 e. The van der Waals surface area contributed by atoms with Crippen LogP contribution in [0.25, 0.3) is 0 Å². The second kappa shape index (κ2) is 4.43. The van der Waals surface area contributed by atoms with E-state index in [-0.39, 0.29) is 10.8 Å². The third kappa shape index (κ3) is 1.55. The fourth-order valence-electron chi connectivity index (χ4n) is 7.41. The quantitative estimate of drug-likeness (QED) is 0.608. The van der Waals surface area contributed by atoms with Gasteiger partial charge in [0.2, 0.25) is 0 Å². The Balaban J connectivity index is 1.56. The van der Waals surface area contributed by atoms with E-state index < -0.39 is 0 Å². The van der Waals surface area contributed by atoms with Crippen LogP contribution in [0, 0.1) is 57.7 Å². The van der Waals surface area contributed by atoms with Crippen LogP contribution >= 0.6 is 0 Å². The number of hydrogen-bond donors (Lipinski definition) is 0. The van der Waals surface area contributed by atoms with Gasteiger partial charge in [-0.15, -0.1) is 0 Å². The molecule has 5 rings (SSSR count). The van der Waals surface area contributed by atoms with Crippen molar-refractivity contribution in [1.82, 2.24) is 0 Å². The number of nitrogens with zero attached hydrogens (tertiary/aromatic N) is 1. The van der Waals surface area contributed by atoms with Gasteiger partial charge in [0.05, 0.1) is 11.5 Å². The number of nitriles is 1. The maximum Gasteiger partial charge on any atom is 0.155 e. The molecule has 4 fully saturated rings. The zero-order chi connectivity index (χ0) is 16.9. The molecular formula is C22H27NO. The fourth-order valence-corrected chi connectivity index (χ4v) is 7.41. The number of carbonyl (C=O) groups excluding carboxylic acids is 1. The highest BCUT2D eigenvalue weighted by Crippen LogP contribution is 2.74. The number of fused-ring (bicyclic) bond motifs is 8. The zero-order valence-electron chi connectivity index (χ0n) is 14.8. The highest BCUT2D eigenvalue weighted by Gasteiger charge is 2.68. The summed E-state index contributed by atoms with van der Waals surface area (Å²) < 4.78 is 0. The van der Waals surface area contributed by atoms with Crippen LogP contribution in [0.4, 0.5) is 0 Å². The first-order chi connectivity index (χ1) is 11.4. The molecule has 0 bridgehead atoms. The summed E-state index contributed by atoms with van der Waals surface area (Å²) in [5.74, 6) is 4.62. The van der Waals surface area contributed by atoms with Crippen LogP contribution in [0.1, 0.15) is 52.4 Å². The molecule has 0 N–H and O–H groups in total. The molecule has 0 aromatic carbocycles. The average molecular weight is 321 g/mol. The van der Waals surface area contributed by atoms with Gasteiger partial charge in [-0.1, -0.05) is 24.6 Å². The smallest absolute Gasteiger partial charge is 0.155 e. The summed E-state index contributed by atoms with van der Waals surface area (Å²) in [6.07, 6.45) is 8.58. The van der Waals surface area contributed by atoms with E-state index >= 15 is 0 Å². The van der Waals surface area contributed by atoms with Crippen molar-refractivity contribution in [2.24, 2.45) is 46.3 Å². The van der Waals surface area contributed by atoms with Crippen molar-refractivity contribution in [3.8, 4) is 6.07 Å². The molecule has 2 heteroatoms. The van der Waals surface area contributed by atoms with E-state index in [1.165, 1.54) is 24.0 Å². The lowest BCUT2D eigenvalue weighted by Crippen LogP contribution is -2.49. The number of hydrogen-bond acceptors (Lipinski definition) is 2. The van der Waals surface area contributed by atoms with Gasteiger partial charge >= 0.3 is 0 Å². The first-order valence-electron chi connectivity index (χ1n) is 9.74. The molecule has 126 valence electrons. The molecule has 8 atom stereocenters. The molecule has 0 amide bonds. The minimum Gasteiger partial charge on any atom is -0.295 e. The van der Waals surface area contributed by atoms with E-state index in [0.717, 1.165) is 43.4 Å². The second-order valence-corrected chi connectivity index (χ2v) is 9.61. The van der Waals surface area contributed by atoms with Gasteiger partial charge in [-0.25, -0.2) is 0 Å². The summed E-state index contributed by atoms with van der Waals surface area (Å²) in [5, 5.41) is 9.93. The Bertz CT molecular complexity index is 727. The molecule has 2 nitrogen and oxygen atoms in total. The maximum atomic E-state index is 11.9. The van der Waals surface area contributed by atoms with Crippen molar-refractivity contribution < 1.29 is 4.79 Å². The monoisotopic (exact) mass is 321 g/mol. The lowest BCUT2D eigenvalue weighted by atomic mass is 9.49. The molecule has 0 aromatic heterocycles. The van der Waals surface area contributed by atoms with Gasteiger partial charge in [-0.2, -0.15) is 5.26 Å². The van der Waals surface area contributed by atoms with Crippen LogP contribution in [0.5, 0.6) is 0 Å². The first-order valence-corrected chi connectivity index (χ1v) is 9.74. The summed E-state index contributed by atoms with van der Waals surface area (Å²) in [6.45, 7) is 8.86. The van der Waals surface area contributed by atoms with Crippen LogP contribution in [0.2, 0.25) is 0 Å². The molecule has 0 radical (unpaired) electrons. The Kier molecular flexibility index (Phi) is 2.75. The van der Waals surface area contributed by atoms with Crippen molar-refractivity contribution in [3.05, 3.63) is 23.8 Å². The van der Waals surface area contributed by atoms with Crippen LogP contribution in [-0.2, 0) is 4.79 Å². The highest BCUT2D eigenvalue weighted by atomic mass is 16.1. The minimum absolute atomic E-state index is 0.0961. The van der Waals surface area contributed by atoms with Gasteiger partial charge in [0.15, 0.2) is 5.78 Å². The van der Waals surface area contributed by atoms with Gasteiger partial charge in [0, 0.05) is 6.42 Å². The number of allylic oxidation sites excluding steroid dienone is 2. The third-order valence-electron chi connectivity index (χ3n) is 9.05. The third-order valence-corrected chi connectivity index (χ3v) is 9.05. The lowest BCUT2D eigenvalue weighted by Gasteiger charge is -2.54. The molecule has 0 saturated heterocycles. The SMILES string of the molecule is C=C1C[C@H]2[C@@H]3C4CC4C4=CC(=O)CC[C@@H]4[C@H]3CC[C@]2(C)[C@@]1(C)C#N. The normalized spacial score (nSPS) is 54.8. The van der Waals surface area contributed by atoms with Gasteiger partial charge in [0.1, 0.15) is 0 Å². The van der Waals surface area contributed by atoms with E-state index in [1.54, 1.807) is 0 Å². The van der Waals surface area contributed by atoms with E-state index in [2.05, 4.69) is 26.5 Å². The molecule has 4 saturated carbocycles. The van der Waals surface area contributed by atoms with E-state index in [1.807, 2.05) is 6.08 Å². The lowest BCUT2D eigenvalue weighted by molar-refractivity contribution is -0.116. The Morgan fingerprint density at radius 2 is 2.04 bits per heavy atom. The predicted molar refractivity (Wildman–Crippen MR) is 92.7 cm³/mol. The summed E-state index contributed by atoms with van der Waals surface area (Å²) in [4.78, 5) is 11.9. The number of carbonyl (C=O) groups is 1. The predicted octanol–water partition coefficient (Wildman–Crippen LogP) is 4.68. The van der Waals surface area contributed by atoms with Crippen molar-refractivity contribution in [2.75, 3.05) is 0 Å². The minimum atomic E-state index is -0.355. The second-order valence-electron chi connectivity index (χ2n) is 9.61. The average Bonchev–Trinajstić information content (AvgIpc) is 3.33. The van der Waals surface area contributed by atoms with Crippen LogP contribution in [0.15, 0.2) is 23.8 Å². The molecule has 24 heavy (non-hydrogen) atoms. The molecule has 0 aliphatic heterocycles. The summed E-state index contributed by atoms with van der Waals surface area (Å²) in [6, 6.07) is 2.66. The molecule has 5 aliphatic rings. The Hall–Kier alpha value is -1.36. The van der Waals surface area contributed by atoms with Crippen LogP contribution in [-0.4, -0.2) is 5.78 Å². The molecule has 0 aromatic rings. The summed E-state index contributed by atoms with van der Waals surface area (Å²) >= 11 is 0. The number of ketones is 1. The highest BCUT2D eigenvalue weighted by molar-refractivity contribution is 5.91. The maximum absolute atomic E-state index is 11.9. The summed E-state index contributed by atoms with van der Waals surface area (Å²) in [7, 11) is 0. The molecule has 2 unspecified atom stereocenters. The summed E-state index contributed by atoms with van der Waals surface area (Å²) in [5.41, 5.74) is 2.43. The zero-order valence-corrected chi connectivity index (χ0v) is 14.8. The first kappa shape index (κ1) is 14.9. The van der Waals surface area contributed by atoms with Crippen LogP contribution in [0.3, 0.4) is 0 Å². The molecule has 0 spiro atoms.